The number of amides is 1. The summed E-state index contributed by atoms with van der Waals surface area (Å²) in [6.07, 6.45) is 3.99. The van der Waals surface area contributed by atoms with Crippen LogP contribution in [0.4, 0.5) is 0 Å². The maximum Gasteiger partial charge on any atom is 0.237 e. The zero-order valence-electron chi connectivity index (χ0n) is 7.58. The number of hydrogen-bond donors (Lipinski definition) is 3. The lowest BCUT2D eigenvalue weighted by atomic mass is 10.2. The van der Waals surface area contributed by atoms with E-state index in [-0.39, 0.29) is 5.91 Å². The fourth-order valence-electron chi connectivity index (χ4n) is 0.882. The van der Waals surface area contributed by atoms with Gasteiger partial charge >= 0.3 is 0 Å². The Kier molecular flexibility index (Phi) is 3.45. The number of rotatable bonds is 4. The van der Waals surface area contributed by atoms with Gasteiger partial charge in [0.05, 0.1) is 12.6 Å². The van der Waals surface area contributed by atoms with Crippen molar-refractivity contribution in [2.45, 2.75) is 25.9 Å². The average molecular weight is 182 g/mol. The van der Waals surface area contributed by atoms with E-state index in [1.807, 2.05) is 6.92 Å². The lowest BCUT2D eigenvalue weighted by Gasteiger charge is -2.08. The Labute approximate surface area is 76.7 Å². The molecule has 0 saturated heterocycles. The van der Waals surface area contributed by atoms with Gasteiger partial charge in [0.25, 0.3) is 0 Å². The molecular formula is C8H14N4O. The maximum atomic E-state index is 11.2. The quantitative estimate of drug-likeness (QED) is 0.601. The van der Waals surface area contributed by atoms with Gasteiger partial charge in [-0.05, 0) is 6.42 Å². The first kappa shape index (κ1) is 9.73. The highest BCUT2D eigenvalue weighted by Gasteiger charge is 2.09. The molecule has 1 aromatic rings. The molecule has 0 saturated carbocycles. The van der Waals surface area contributed by atoms with E-state index in [1.54, 1.807) is 12.4 Å². The summed E-state index contributed by atoms with van der Waals surface area (Å²) in [6, 6.07) is -0.421. The number of carbonyl (C=O) groups excluding carboxylic acids is 1. The zero-order chi connectivity index (χ0) is 9.68. The van der Waals surface area contributed by atoms with Gasteiger partial charge in [-0.25, -0.2) is 4.98 Å². The maximum absolute atomic E-state index is 11.2. The first-order valence-electron chi connectivity index (χ1n) is 4.25. The van der Waals surface area contributed by atoms with Crippen molar-refractivity contribution in [2.75, 3.05) is 0 Å². The van der Waals surface area contributed by atoms with Gasteiger partial charge in [-0.3, -0.25) is 4.79 Å². The number of nitrogens with one attached hydrogen (secondary N) is 2. The van der Waals surface area contributed by atoms with Crippen LogP contribution < -0.4 is 11.1 Å². The molecule has 1 aromatic heterocycles. The van der Waals surface area contributed by atoms with Crippen molar-refractivity contribution in [1.29, 1.82) is 0 Å². The molecule has 13 heavy (non-hydrogen) atoms. The molecule has 0 aliphatic carbocycles. The third-order valence-corrected chi connectivity index (χ3v) is 1.76. The summed E-state index contributed by atoms with van der Waals surface area (Å²) in [5.74, 6) is 0.593. The molecule has 1 amide bonds. The standard InChI is InChI=1S/C8H14N4O/c1-2-6(9)8(13)12-5-7-10-3-4-11-7/h3-4,6H,2,5,9H2,1H3,(H,10,11)(H,12,13)/t6-/m0/s1. The summed E-state index contributed by atoms with van der Waals surface area (Å²) >= 11 is 0. The molecule has 4 N–H and O–H groups in total. The predicted octanol–water partition coefficient (Wildman–Crippen LogP) is -0.237. The molecule has 0 radical (unpaired) electrons. The summed E-state index contributed by atoms with van der Waals surface area (Å²) in [5, 5.41) is 2.68. The van der Waals surface area contributed by atoms with E-state index in [9.17, 15) is 4.79 Å². The molecule has 1 rings (SSSR count). The Morgan fingerprint density at radius 1 is 1.85 bits per heavy atom. The predicted molar refractivity (Wildman–Crippen MR) is 48.7 cm³/mol. The van der Waals surface area contributed by atoms with E-state index in [0.717, 1.165) is 5.82 Å². The van der Waals surface area contributed by atoms with Crippen LogP contribution in [0.3, 0.4) is 0 Å². The van der Waals surface area contributed by atoms with Gasteiger partial charge in [0, 0.05) is 12.4 Å². The number of nitrogens with two attached hydrogens (primary N) is 1. The van der Waals surface area contributed by atoms with E-state index in [2.05, 4.69) is 15.3 Å². The number of nitrogens with zero attached hydrogens (tertiary/aromatic N) is 1. The Hall–Kier alpha value is -1.36. The van der Waals surface area contributed by atoms with Crippen LogP contribution in [0.25, 0.3) is 0 Å². The number of hydrogen-bond acceptors (Lipinski definition) is 3. The summed E-state index contributed by atoms with van der Waals surface area (Å²) < 4.78 is 0. The van der Waals surface area contributed by atoms with E-state index in [4.69, 9.17) is 5.73 Å². The van der Waals surface area contributed by atoms with E-state index in [0.29, 0.717) is 13.0 Å². The molecule has 1 atom stereocenters. The lowest BCUT2D eigenvalue weighted by molar-refractivity contribution is -0.122. The van der Waals surface area contributed by atoms with Crippen LogP contribution in [-0.2, 0) is 11.3 Å². The first-order chi connectivity index (χ1) is 6.24. The molecule has 0 aliphatic heterocycles. The van der Waals surface area contributed by atoms with Gasteiger partial charge < -0.3 is 16.0 Å². The minimum Gasteiger partial charge on any atom is -0.348 e. The molecule has 0 bridgehead atoms. The average Bonchev–Trinajstić information content (AvgIpc) is 2.65. The van der Waals surface area contributed by atoms with E-state index >= 15 is 0 Å². The van der Waals surface area contributed by atoms with Crippen LogP contribution in [0, 0.1) is 0 Å². The van der Waals surface area contributed by atoms with Gasteiger partial charge in [-0.2, -0.15) is 0 Å². The Balaban J connectivity index is 2.31. The van der Waals surface area contributed by atoms with Crippen LogP contribution >= 0.6 is 0 Å². The SMILES string of the molecule is CC[C@H](N)C(=O)NCc1ncc[nH]1. The lowest BCUT2D eigenvalue weighted by Crippen LogP contribution is -2.39. The third-order valence-electron chi connectivity index (χ3n) is 1.76. The monoisotopic (exact) mass is 182 g/mol. The minimum atomic E-state index is -0.421. The van der Waals surface area contributed by atoms with Crippen LogP contribution in [0.5, 0.6) is 0 Å². The van der Waals surface area contributed by atoms with E-state index in [1.165, 1.54) is 0 Å². The van der Waals surface area contributed by atoms with Gasteiger partial charge in [0.1, 0.15) is 5.82 Å². The second kappa shape index (κ2) is 4.61. The molecule has 72 valence electrons. The molecule has 0 aliphatic rings. The summed E-state index contributed by atoms with van der Waals surface area (Å²) in [7, 11) is 0. The summed E-state index contributed by atoms with van der Waals surface area (Å²) in [5.41, 5.74) is 5.51. The highest BCUT2D eigenvalue weighted by atomic mass is 16.2. The van der Waals surface area contributed by atoms with Crippen molar-refractivity contribution in [3.05, 3.63) is 18.2 Å². The van der Waals surface area contributed by atoms with Gasteiger partial charge in [0.15, 0.2) is 0 Å². The second-order valence-corrected chi connectivity index (χ2v) is 2.77. The topological polar surface area (TPSA) is 83.8 Å². The zero-order valence-corrected chi connectivity index (χ0v) is 7.58. The van der Waals surface area contributed by atoms with Crippen molar-refractivity contribution < 1.29 is 4.79 Å². The summed E-state index contributed by atoms with van der Waals surface area (Å²) in [4.78, 5) is 18.0. The normalized spacial score (nSPS) is 12.5. The third kappa shape index (κ3) is 2.87. The number of imidazole rings is 1. The Bertz CT molecular complexity index is 257. The Morgan fingerprint density at radius 2 is 2.62 bits per heavy atom. The number of H-pyrrole nitrogens is 1. The molecule has 0 fully saturated rings. The fourth-order valence-corrected chi connectivity index (χ4v) is 0.882. The number of aromatic nitrogens is 2. The highest BCUT2D eigenvalue weighted by Crippen LogP contribution is 1.89. The number of aromatic amines is 1. The van der Waals surface area contributed by atoms with Gasteiger partial charge in [0.2, 0.25) is 5.91 Å². The molecule has 0 spiro atoms. The smallest absolute Gasteiger partial charge is 0.237 e. The molecule has 0 aromatic carbocycles. The first-order valence-corrected chi connectivity index (χ1v) is 4.25. The fraction of sp³-hybridized carbons (Fsp3) is 0.500. The Morgan fingerprint density at radius 3 is 3.15 bits per heavy atom. The van der Waals surface area contributed by atoms with Crippen molar-refractivity contribution in [3.63, 3.8) is 0 Å². The number of carbonyl (C=O) groups is 1. The molecule has 0 unspecified atom stereocenters. The van der Waals surface area contributed by atoms with Crippen LogP contribution in [-0.4, -0.2) is 21.9 Å². The minimum absolute atomic E-state index is 0.140. The van der Waals surface area contributed by atoms with E-state index < -0.39 is 6.04 Å². The molecule has 1 heterocycles. The second-order valence-electron chi connectivity index (χ2n) is 2.77. The van der Waals surface area contributed by atoms with Crippen LogP contribution in [0.2, 0.25) is 0 Å². The largest absolute Gasteiger partial charge is 0.348 e. The summed E-state index contributed by atoms with van der Waals surface area (Å²) in [6.45, 7) is 2.27. The van der Waals surface area contributed by atoms with Gasteiger partial charge in [-0.1, -0.05) is 6.92 Å². The van der Waals surface area contributed by atoms with Crippen molar-refractivity contribution in [1.82, 2.24) is 15.3 Å². The van der Waals surface area contributed by atoms with Crippen molar-refractivity contribution in [3.8, 4) is 0 Å². The van der Waals surface area contributed by atoms with Crippen LogP contribution in [0.15, 0.2) is 12.4 Å². The van der Waals surface area contributed by atoms with Crippen molar-refractivity contribution >= 4 is 5.91 Å². The molecular weight excluding hydrogens is 168 g/mol. The molecule has 5 nitrogen and oxygen atoms in total. The molecule has 5 heteroatoms. The highest BCUT2D eigenvalue weighted by molar-refractivity contribution is 5.81. The van der Waals surface area contributed by atoms with Crippen molar-refractivity contribution in [2.24, 2.45) is 5.73 Å². The van der Waals surface area contributed by atoms with Gasteiger partial charge in [-0.15, -0.1) is 0 Å². The van der Waals surface area contributed by atoms with Crippen LogP contribution in [0.1, 0.15) is 19.2 Å².